The summed E-state index contributed by atoms with van der Waals surface area (Å²) in [6.45, 7) is 4.72. The summed E-state index contributed by atoms with van der Waals surface area (Å²) in [5, 5.41) is 9.45. The third-order valence-electron chi connectivity index (χ3n) is 3.89. The number of nitrogens with zero attached hydrogens (tertiary/aromatic N) is 2. The summed E-state index contributed by atoms with van der Waals surface area (Å²) in [4.78, 5) is 4.29. The second-order valence-corrected chi connectivity index (χ2v) is 5.68. The van der Waals surface area contributed by atoms with E-state index in [0.717, 1.165) is 19.6 Å². The Morgan fingerprint density at radius 3 is 2.79 bits per heavy atom. The van der Waals surface area contributed by atoms with E-state index in [0.29, 0.717) is 17.2 Å². The zero-order valence-corrected chi connectivity index (χ0v) is 11.9. The summed E-state index contributed by atoms with van der Waals surface area (Å²) >= 11 is 0. The highest BCUT2D eigenvalue weighted by Gasteiger charge is 2.21. The summed E-state index contributed by atoms with van der Waals surface area (Å²) < 4.78 is 14.0. The molecule has 4 heteroatoms. The van der Waals surface area contributed by atoms with Crippen molar-refractivity contribution in [2.24, 2.45) is 5.92 Å². The summed E-state index contributed by atoms with van der Waals surface area (Å²) in [6, 6.07) is 4.98. The Bertz CT molecular complexity index is 436. The Labute approximate surface area is 114 Å². The maximum absolute atomic E-state index is 14.0. The van der Waals surface area contributed by atoms with Crippen LogP contribution in [0.4, 0.5) is 10.1 Å². The number of hydrogen-bond acceptors (Lipinski definition) is 3. The first-order valence-corrected chi connectivity index (χ1v) is 6.84. The van der Waals surface area contributed by atoms with Gasteiger partial charge in [-0.3, -0.25) is 0 Å². The molecule has 0 aliphatic carbocycles. The zero-order valence-electron chi connectivity index (χ0n) is 11.9. The molecule has 2 atom stereocenters. The van der Waals surface area contributed by atoms with Crippen molar-refractivity contribution in [3.63, 3.8) is 0 Å². The lowest BCUT2D eigenvalue weighted by atomic mass is 10.1. The Kier molecular flexibility index (Phi) is 4.42. The van der Waals surface area contributed by atoms with Crippen LogP contribution in [0.2, 0.25) is 0 Å². The highest BCUT2D eigenvalue weighted by atomic mass is 19.1. The van der Waals surface area contributed by atoms with Crippen LogP contribution in [0.1, 0.15) is 25.0 Å². The molecule has 1 saturated heterocycles. The molecule has 3 nitrogen and oxygen atoms in total. The lowest BCUT2D eigenvalue weighted by Crippen LogP contribution is -2.27. The van der Waals surface area contributed by atoms with Crippen molar-refractivity contribution >= 4 is 5.69 Å². The average molecular weight is 266 g/mol. The molecule has 1 aliphatic heterocycles. The first-order chi connectivity index (χ1) is 8.97. The quantitative estimate of drug-likeness (QED) is 0.905. The van der Waals surface area contributed by atoms with Crippen LogP contribution in [-0.2, 0) is 0 Å². The molecule has 1 unspecified atom stereocenters. The van der Waals surface area contributed by atoms with Gasteiger partial charge in [0, 0.05) is 20.1 Å². The van der Waals surface area contributed by atoms with Crippen LogP contribution >= 0.6 is 0 Å². The van der Waals surface area contributed by atoms with E-state index in [4.69, 9.17) is 0 Å². The fourth-order valence-corrected chi connectivity index (χ4v) is 2.75. The second-order valence-electron chi connectivity index (χ2n) is 5.68. The molecule has 2 rings (SSSR count). The summed E-state index contributed by atoms with van der Waals surface area (Å²) in [5.41, 5.74) is 1.23. The molecule has 1 aliphatic rings. The van der Waals surface area contributed by atoms with Crippen molar-refractivity contribution in [1.82, 2.24) is 4.90 Å². The fourth-order valence-electron chi connectivity index (χ4n) is 2.75. The first kappa shape index (κ1) is 14.3. The van der Waals surface area contributed by atoms with E-state index >= 15 is 0 Å². The van der Waals surface area contributed by atoms with E-state index in [2.05, 4.69) is 11.9 Å². The van der Waals surface area contributed by atoms with Crippen molar-refractivity contribution in [1.29, 1.82) is 0 Å². The molecule has 0 saturated carbocycles. The molecule has 0 aromatic heterocycles. The van der Waals surface area contributed by atoms with Gasteiger partial charge in [0.1, 0.15) is 5.82 Å². The van der Waals surface area contributed by atoms with E-state index in [-0.39, 0.29) is 5.82 Å². The largest absolute Gasteiger partial charge is 0.389 e. The van der Waals surface area contributed by atoms with Crippen LogP contribution in [0.5, 0.6) is 0 Å². The fraction of sp³-hybridized carbons (Fsp3) is 0.600. The minimum Gasteiger partial charge on any atom is -0.389 e. The summed E-state index contributed by atoms with van der Waals surface area (Å²) in [6.07, 6.45) is 0.547. The predicted molar refractivity (Wildman–Crippen MR) is 75.9 cm³/mol. The van der Waals surface area contributed by atoms with E-state index in [9.17, 15) is 9.50 Å². The molecule has 1 heterocycles. The molecular formula is C15H23FN2O. The van der Waals surface area contributed by atoms with Gasteiger partial charge in [-0.25, -0.2) is 4.39 Å². The molecular weight excluding hydrogens is 243 g/mol. The lowest BCUT2D eigenvalue weighted by molar-refractivity contribution is 0.199. The van der Waals surface area contributed by atoms with E-state index in [1.54, 1.807) is 19.1 Å². The minimum atomic E-state index is -0.627. The number of benzene rings is 1. The van der Waals surface area contributed by atoms with Gasteiger partial charge >= 0.3 is 0 Å². The first-order valence-electron chi connectivity index (χ1n) is 6.84. The molecule has 0 bridgehead atoms. The number of likely N-dealkylation sites (tertiary alicyclic amines) is 1. The molecule has 1 fully saturated rings. The molecule has 1 aromatic carbocycles. The van der Waals surface area contributed by atoms with E-state index in [1.165, 1.54) is 12.5 Å². The van der Waals surface area contributed by atoms with Crippen LogP contribution in [-0.4, -0.2) is 43.7 Å². The number of halogens is 1. The van der Waals surface area contributed by atoms with Gasteiger partial charge < -0.3 is 14.9 Å². The number of aliphatic hydroxyl groups excluding tert-OH is 1. The third-order valence-corrected chi connectivity index (χ3v) is 3.89. The highest BCUT2D eigenvalue weighted by Crippen LogP contribution is 2.25. The Hall–Kier alpha value is -1.13. The van der Waals surface area contributed by atoms with Gasteiger partial charge in [0.05, 0.1) is 11.8 Å². The van der Waals surface area contributed by atoms with Gasteiger partial charge in [-0.15, -0.1) is 0 Å². The maximum Gasteiger partial charge on any atom is 0.146 e. The number of aliphatic hydroxyl groups is 1. The van der Waals surface area contributed by atoms with Crippen LogP contribution < -0.4 is 4.90 Å². The van der Waals surface area contributed by atoms with Gasteiger partial charge in [-0.1, -0.05) is 6.07 Å². The van der Waals surface area contributed by atoms with Crippen LogP contribution in [0.15, 0.2) is 18.2 Å². The molecule has 1 N–H and O–H groups in total. The van der Waals surface area contributed by atoms with Gasteiger partial charge in [0.2, 0.25) is 0 Å². The van der Waals surface area contributed by atoms with Crippen molar-refractivity contribution < 1.29 is 9.50 Å². The normalized spacial score (nSPS) is 21.6. The number of hydrogen-bond donors (Lipinski definition) is 1. The molecule has 1 aromatic rings. The van der Waals surface area contributed by atoms with E-state index < -0.39 is 6.10 Å². The van der Waals surface area contributed by atoms with E-state index in [1.807, 2.05) is 11.9 Å². The summed E-state index contributed by atoms with van der Waals surface area (Å²) in [7, 11) is 4.05. The van der Waals surface area contributed by atoms with Gasteiger partial charge in [0.15, 0.2) is 0 Å². The van der Waals surface area contributed by atoms with Gasteiger partial charge in [-0.2, -0.15) is 0 Å². The average Bonchev–Trinajstić information content (AvgIpc) is 2.74. The Balaban J connectivity index is 2.04. The lowest BCUT2D eigenvalue weighted by Gasteiger charge is -2.24. The van der Waals surface area contributed by atoms with Crippen LogP contribution in [0, 0.1) is 11.7 Å². The van der Waals surface area contributed by atoms with Gasteiger partial charge in [0.25, 0.3) is 0 Å². The van der Waals surface area contributed by atoms with Crippen molar-refractivity contribution in [2.75, 3.05) is 38.6 Å². The Morgan fingerprint density at radius 2 is 2.26 bits per heavy atom. The van der Waals surface area contributed by atoms with Crippen molar-refractivity contribution in [3.8, 4) is 0 Å². The number of anilines is 1. The highest BCUT2D eigenvalue weighted by molar-refractivity contribution is 5.48. The molecule has 106 valence electrons. The monoisotopic (exact) mass is 266 g/mol. The third kappa shape index (κ3) is 3.45. The SMILES string of the molecule is C[C@@H](O)c1ccc(N(C)CC2CCN(C)C2)c(F)c1. The van der Waals surface area contributed by atoms with Gasteiger partial charge in [-0.05, 0) is 50.6 Å². The molecule has 0 amide bonds. The molecule has 0 spiro atoms. The summed E-state index contributed by atoms with van der Waals surface area (Å²) in [5.74, 6) is 0.345. The van der Waals surface area contributed by atoms with Crippen LogP contribution in [0.25, 0.3) is 0 Å². The second kappa shape index (κ2) is 5.88. The Morgan fingerprint density at radius 1 is 1.53 bits per heavy atom. The number of rotatable bonds is 4. The smallest absolute Gasteiger partial charge is 0.146 e. The molecule has 0 radical (unpaired) electrons. The van der Waals surface area contributed by atoms with Crippen molar-refractivity contribution in [3.05, 3.63) is 29.6 Å². The minimum absolute atomic E-state index is 0.257. The standard InChI is InChI=1S/C15H23FN2O/c1-11(19)13-4-5-15(14(16)8-13)18(3)10-12-6-7-17(2)9-12/h4-5,8,11-12,19H,6-7,9-10H2,1-3H3/t11-,12?/m1/s1. The zero-order chi connectivity index (χ0) is 14.0. The molecule has 19 heavy (non-hydrogen) atoms. The van der Waals surface area contributed by atoms with Crippen molar-refractivity contribution in [2.45, 2.75) is 19.4 Å². The predicted octanol–water partition coefficient (Wildman–Crippen LogP) is 2.27. The maximum atomic E-state index is 14.0. The van der Waals surface area contributed by atoms with Crippen LogP contribution in [0.3, 0.4) is 0 Å². The topological polar surface area (TPSA) is 26.7 Å².